The van der Waals surface area contributed by atoms with Gasteiger partial charge < -0.3 is 5.32 Å². The number of carbonyl (C=O) groups is 2. The van der Waals surface area contributed by atoms with E-state index in [9.17, 15) is 9.59 Å². The fourth-order valence-corrected chi connectivity index (χ4v) is 3.29. The summed E-state index contributed by atoms with van der Waals surface area (Å²) < 4.78 is 0. The minimum Gasteiger partial charge on any atom is -0.351 e. The Bertz CT molecular complexity index is 572. The largest absolute Gasteiger partial charge is 0.351 e. The molecule has 0 aromatic carbocycles. The first-order valence-electron chi connectivity index (χ1n) is 6.63. The molecule has 20 heavy (non-hydrogen) atoms. The van der Waals surface area contributed by atoms with Gasteiger partial charge >= 0.3 is 0 Å². The molecule has 0 unspecified atom stereocenters. The van der Waals surface area contributed by atoms with E-state index in [0.717, 1.165) is 28.2 Å². The van der Waals surface area contributed by atoms with Crippen LogP contribution in [-0.2, 0) is 11.3 Å². The molecular formula is C15H17NO2S2. The molecule has 0 spiro atoms. The average Bonchev–Trinajstić information content (AvgIpc) is 3.12. The molecule has 0 aliphatic carbocycles. The molecule has 0 fully saturated rings. The first kappa shape index (κ1) is 14.9. The Morgan fingerprint density at radius 1 is 1.25 bits per heavy atom. The number of ketones is 1. The summed E-state index contributed by atoms with van der Waals surface area (Å²) in [5.74, 6) is 0.130. The van der Waals surface area contributed by atoms with Gasteiger partial charge in [-0.25, -0.2) is 0 Å². The maximum Gasteiger partial charge on any atom is 0.220 e. The number of hydrogen-bond donors (Lipinski definition) is 1. The summed E-state index contributed by atoms with van der Waals surface area (Å²) in [5, 5.41) is 6.64. The van der Waals surface area contributed by atoms with E-state index in [1.54, 1.807) is 0 Å². The van der Waals surface area contributed by atoms with Gasteiger partial charge in [0.2, 0.25) is 11.7 Å². The monoisotopic (exact) mass is 307 g/mol. The summed E-state index contributed by atoms with van der Waals surface area (Å²) in [7, 11) is 0. The predicted octanol–water partition coefficient (Wildman–Crippen LogP) is 3.85. The van der Waals surface area contributed by atoms with Crippen LogP contribution in [0, 0.1) is 0 Å². The van der Waals surface area contributed by atoms with E-state index in [2.05, 4.69) is 12.2 Å². The molecule has 0 bridgehead atoms. The van der Waals surface area contributed by atoms with E-state index in [4.69, 9.17) is 0 Å². The van der Waals surface area contributed by atoms with E-state index in [0.29, 0.717) is 13.0 Å². The van der Waals surface area contributed by atoms with Crippen LogP contribution in [0.5, 0.6) is 0 Å². The van der Waals surface area contributed by atoms with Crippen LogP contribution in [-0.4, -0.2) is 11.7 Å². The van der Waals surface area contributed by atoms with Gasteiger partial charge in [-0.2, -0.15) is 11.3 Å². The number of carbonyl (C=O) groups excluding carboxylic acids is 2. The summed E-state index contributed by atoms with van der Waals surface area (Å²) in [6.45, 7) is 2.57. The van der Waals surface area contributed by atoms with Gasteiger partial charge in [0, 0.05) is 22.2 Å². The second-order valence-electron chi connectivity index (χ2n) is 4.49. The molecule has 0 saturated heterocycles. The van der Waals surface area contributed by atoms with Crippen LogP contribution in [0.15, 0.2) is 29.0 Å². The number of hydrogen-bond acceptors (Lipinski definition) is 4. The van der Waals surface area contributed by atoms with Crippen LogP contribution in [0.4, 0.5) is 0 Å². The molecule has 5 heteroatoms. The first-order chi connectivity index (χ1) is 9.70. The van der Waals surface area contributed by atoms with E-state index in [1.165, 1.54) is 22.7 Å². The summed E-state index contributed by atoms with van der Waals surface area (Å²) in [5.41, 5.74) is 0.732. The van der Waals surface area contributed by atoms with Crippen molar-refractivity contribution < 1.29 is 9.59 Å². The highest BCUT2D eigenvalue weighted by atomic mass is 32.1. The number of nitrogens with one attached hydrogen (secondary N) is 1. The molecule has 1 N–H and O–H groups in total. The van der Waals surface area contributed by atoms with E-state index in [1.807, 2.05) is 29.0 Å². The van der Waals surface area contributed by atoms with Gasteiger partial charge in [0.25, 0.3) is 0 Å². The zero-order valence-electron chi connectivity index (χ0n) is 11.3. The maximum atomic E-state index is 12.1. The van der Waals surface area contributed by atoms with Crippen molar-refractivity contribution in [3.05, 3.63) is 44.3 Å². The molecule has 2 aromatic rings. The van der Waals surface area contributed by atoms with Crippen molar-refractivity contribution in [3.63, 3.8) is 0 Å². The lowest BCUT2D eigenvalue weighted by atomic mass is 10.2. The molecule has 0 aliphatic heterocycles. The molecular weight excluding hydrogens is 290 g/mol. The van der Waals surface area contributed by atoms with Crippen molar-refractivity contribution in [3.8, 4) is 0 Å². The summed E-state index contributed by atoms with van der Waals surface area (Å²) in [6.07, 6.45) is 2.51. The summed E-state index contributed by atoms with van der Waals surface area (Å²) in [4.78, 5) is 25.4. The van der Waals surface area contributed by atoms with Gasteiger partial charge in [0.15, 0.2) is 0 Å². The van der Waals surface area contributed by atoms with Crippen molar-refractivity contribution in [2.45, 2.75) is 32.7 Å². The second kappa shape index (κ2) is 7.36. The fraction of sp³-hybridized carbons (Fsp3) is 0.333. The molecule has 1 amide bonds. The topological polar surface area (TPSA) is 46.2 Å². The Hall–Kier alpha value is -1.46. The Morgan fingerprint density at radius 2 is 2.10 bits per heavy atom. The van der Waals surface area contributed by atoms with Crippen LogP contribution < -0.4 is 5.32 Å². The minimum absolute atomic E-state index is 0.0554. The number of rotatable bonds is 7. The molecule has 2 aromatic heterocycles. The molecule has 0 aliphatic rings. The third-order valence-electron chi connectivity index (χ3n) is 2.89. The van der Waals surface area contributed by atoms with Crippen LogP contribution in [0.25, 0.3) is 0 Å². The zero-order chi connectivity index (χ0) is 14.4. The van der Waals surface area contributed by atoms with Crippen LogP contribution in [0.1, 0.15) is 46.3 Å². The quantitative estimate of drug-likeness (QED) is 0.790. The SMILES string of the molecule is CCCCC(=O)NCc1ccc(C(=O)c2ccsc2)s1. The predicted molar refractivity (Wildman–Crippen MR) is 83.4 cm³/mol. The standard InChI is InChI=1S/C15H17NO2S2/c1-2-3-4-14(17)16-9-12-5-6-13(20-12)15(18)11-7-8-19-10-11/h5-8,10H,2-4,9H2,1H3,(H,16,17). The number of amides is 1. The van der Waals surface area contributed by atoms with E-state index in [-0.39, 0.29) is 11.7 Å². The van der Waals surface area contributed by atoms with Crippen LogP contribution >= 0.6 is 22.7 Å². The Kier molecular flexibility index (Phi) is 5.49. The molecule has 2 heterocycles. The van der Waals surface area contributed by atoms with Gasteiger partial charge in [-0.05, 0) is 30.0 Å². The zero-order valence-corrected chi connectivity index (χ0v) is 13.0. The van der Waals surface area contributed by atoms with Gasteiger partial charge in [0.05, 0.1) is 11.4 Å². The highest BCUT2D eigenvalue weighted by Crippen LogP contribution is 2.21. The molecule has 0 saturated carbocycles. The smallest absolute Gasteiger partial charge is 0.220 e. The molecule has 0 atom stereocenters. The number of thiophene rings is 2. The molecule has 106 valence electrons. The lowest BCUT2D eigenvalue weighted by Gasteiger charge is -2.02. The Balaban J connectivity index is 1.89. The normalized spacial score (nSPS) is 10.4. The summed E-state index contributed by atoms with van der Waals surface area (Å²) in [6, 6.07) is 5.57. The van der Waals surface area contributed by atoms with E-state index >= 15 is 0 Å². The third-order valence-corrected chi connectivity index (χ3v) is 4.65. The van der Waals surface area contributed by atoms with Crippen molar-refractivity contribution >= 4 is 34.4 Å². The van der Waals surface area contributed by atoms with Gasteiger partial charge in [-0.3, -0.25) is 9.59 Å². The van der Waals surface area contributed by atoms with Crippen LogP contribution in [0.3, 0.4) is 0 Å². The lowest BCUT2D eigenvalue weighted by Crippen LogP contribution is -2.21. The van der Waals surface area contributed by atoms with Gasteiger partial charge in [-0.1, -0.05) is 13.3 Å². The molecule has 3 nitrogen and oxygen atoms in total. The second-order valence-corrected chi connectivity index (χ2v) is 6.44. The maximum absolute atomic E-state index is 12.1. The fourth-order valence-electron chi connectivity index (χ4n) is 1.74. The average molecular weight is 307 g/mol. The van der Waals surface area contributed by atoms with Crippen LogP contribution in [0.2, 0.25) is 0 Å². The minimum atomic E-state index is 0.0554. The lowest BCUT2D eigenvalue weighted by molar-refractivity contribution is -0.121. The van der Waals surface area contributed by atoms with Crippen molar-refractivity contribution in [1.29, 1.82) is 0 Å². The number of unbranched alkanes of at least 4 members (excludes halogenated alkanes) is 1. The van der Waals surface area contributed by atoms with Crippen molar-refractivity contribution in [2.24, 2.45) is 0 Å². The Morgan fingerprint density at radius 3 is 2.80 bits per heavy atom. The summed E-state index contributed by atoms with van der Waals surface area (Å²) >= 11 is 2.96. The highest BCUT2D eigenvalue weighted by molar-refractivity contribution is 7.14. The van der Waals surface area contributed by atoms with E-state index < -0.39 is 0 Å². The van der Waals surface area contributed by atoms with Gasteiger partial charge in [0.1, 0.15) is 0 Å². The Labute approximate surface area is 126 Å². The highest BCUT2D eigenvalue weighted by Gasteiger charge is 2.12. The van der Waals surface area contributed by atoms with Crippen molar-refractivity contribution in [2.75, 3.05) is 0 Å². The first-order valence-corrected chi connectivity index (χ1v) is 8.39. The third kappa shape index (κ3) is 4.02. The molecule has 0 radical (unpaired) electrons. The van der Waals surface area contributed by atoms with Gasteiger partial charge in [-0.15, -0.1) is 11.3 Å². The van der Waals surface area contributed by atoms with Crippen molar-refractivity contribution in [1.82, 2.24) is 5.32 Å². The molecule has 2 rings (SSSR count).